The Morgan fingerprint density at radius 3 is 2.30 bits per heavy atom. The van der Waals surface area contributed by atoms with Crippen LogP contribution in [0.5, 0.6) is 0 Å². The summed E-state index contributed by atoms with van der Waals surface area (Å²) >= 11 is 5.90. The van der Waals surface area contributed by atoms with Crippen LogP contribution in [0.1, 0.15) is 12.5 Å². The van der Waals surface area contributed by atoms with Gasteiger partial charge in [0.2, 0.25) is 0 Å². The van der Waals surface area contributed by atoms with Gasteiger partial charge in [0.25, 0.3) is 0 Å². The highest BCUT2D eigenvalue weighted by molar-refractivity contribution is 6.30. The fourth-order valence-corrected chi connectivity index (χ4v) is 2.24. The molecule has 0 amide bonds. The minimum Gasteiger partial charge on any atom is -0.505 e. The van der Waals surface area contributed by atoms with E-state index in [1.807, 2.05) is 6.07 Å². The lowest BCUT2D eigenvalue weighted by Gasteiger charge is -2.22. The SMILES string of the molecule is CCOC(=O)/C(=C(\O)c1ccccc1)N(C)c1ccc(Cl)cc1. The molecule has 2 rings (SSSR count). The van der Waals surface area contributed by atoms with Crippen molar-refractivity contribution in [3.63, 3.8) is 0 Å². The van der Waals surface area contributed by atoms with Crippen LogP contribution in [0.15, 0.2) is 60.3 Å². The number of anilines is 1. The Morgan fingerprint density at radius 1 is 1.13 bits per heavy atom. The second-order valence-corrected chi connectivity index (χ2v) is 5.26. The van der Waals surface area contributed by atoms with E-state index >= 15 is 0 Å². The van der Waals surface area contributed by atoms with Crippen molar-refractivity contribution >= 4 is 29.0 Å². The summed E-state index contributed by atoms with van der Waals surface area (Å²) < 4.78 is 5.09. The number of hydrogen-bond donors (Lipinski definition) is 1. The van der Waals surface area contributed by atoms with E-state index in [1.165, 1.54) is 0 Å². The van der Waals surface area contributed by atoms with Gasteiger partial charge in [0.05, 0.1) is 6.61 Å². The number of nitrogens with zero attached hydrogens (tertiary/aromatic N) is 1. The molecule has 1 N–H and O–H groups in total. The first-order valence-corrected chi connectivity index (χ1v) is 7.57. The quantitative estimate of drug-likeness (QED) is 0.505. The highest BCUT2D eigenvalue weighted by Gasteiger charge is 2.23. The fourth-order valence-electron chi connectivity index (χ4n) is 2.12. The van der Waals surface area contributed by atoms with Gasteiger partial charge in [-0.05, 0) is 31.2 Å². The topological polar surface area (TPSA) is 49.8 Å². The molecule has 0 aliphatic rings. The number of ether oxygens (including phenoxy) is 1. The summed E-state index contributed by atoms with van der Waals surface area (Å²) in [5, 5.41) is 11.2. The molecule has 2 aromatic carbocycles. The van der Waals surface area contributed by atoms with E-state index in [0.29, 0.717) is 16.3 Å². The summed E-state index contributed by atoms with van der Waals surface area (Å²) in [7, 11) is 1.69. The van der Waals surface area contributed by atoms with E-state index < -0.39 is 5.97 Å². The first kappa shape index (κ1) is 16.9. The maximum absolute atomic E-state index is 12.3. The van der Waals surface area contributed by atoms with Crippen molar-refractivity contribution < 1.29 is 14.6 Å². The van der Waals surface area contributed by atoms with Gasteiger partial charge in [0, 0.05) is 23.3 Å². The molecule has 0 fully saturated rings. The standard InChI is InChI=1S/C18H18ClNO3/c1-3-23-18(22)16(17(21)13-7-5-4-6-8-13)20(2)15-11-9-14(19)10-12-15/h4-12,21H,3H2,1-2H3/b17-16+. The van der Waals surface area contributed by atoms with Gasteiger partial charge < -0.3 is 14.7 Å². The number of rotatable bonds is 5. The van der Waals surface area contributed by atoms with Crippen LogP contribution < -0.4 is 4.90 Å². The Hall–Kier alpha value is -2.46. The Labute approximate surface area is 140 Å². The zero-order chi connectivity index (χ0) is 16.8. The van der Waals surface area contributed by atoms with Gasteiger partial charge in [0.1, 0.15) is 0 Å². The van der Waals surface area contributed by atoms with Crippen molar-refractivity contribution in [1.29, 1.82) is 0 Å². The predicted molar refractivity (Wildman–Crippen MR) is 92.5 cm³/mol. The molecule has 0 unspecified atom stereocenters. The molecule has 0 saturated carbocycles. The molecule has 4 nitrogen and oxygen atoms in total. The molecular formula is C18H18ClNO3. The van der Waals surface area contributed by atoms with Crippen molar-refractivity contribution in [3.8, 4) is 0 Å². The lowest BCUT2D eigenvalue weighted by Crippen LogP contribution is -2.26. The third-order valence-corrected chi connectivity index (χ3v) is 3.54. The number of carbonyl (C=O) groups excluding carboxylic acids is 1. The second kappa shape index (κ2) is 7.70. The predicted octanol–water partition coefficient (Wildman–Crippen LogP) is 4.27. The first-order chi connectivity index (χ1) is 11.0. The van der Waals surface area contributed by atoms with Gasteiger partial charge in [-0.15, -0.1) is 0 Å². The zero-order valence-electron chi connectivity index (χ0n) is 13.0. The Bertz CT molecular complexity index is 696. The summed E-state index contributed by atoms with van der Waals surface area (Å²) in [4.78, 5) is 13.9. The molecule has 0 bridgehead atoms. The molecule has 120 valence electrons. The average molecular weight is 332 g/mol. The van der Waals surface area contributed by atoms with E-state index in [0.717, 1.165) is 0 Å². The third-order valence-electron chi connectivity index (χ3n) is 3.29. The molecule has 0 spiro atoms. The van der Waals surface area contributed by atoms with E-state index in [2.05, 4.69) is 0 Å². The van der Waals surface area contributed by atoms with Gasteiger partial charge in [-0.25, -0.2) is 4.79 Å². The summed E-state index contributed by atoms with van der Waals surface area (Å²) in [5.74, 6) is -0.729. The van der Waals surface area contributed by atoms with Crippen LogP contribution in [0.4, 0.5) is 5.69 Å². The van der Waals surface area contributed by atoms with Crippen LogP contribution in [-0.2, 0) is 9.53 Å². The molecule has 0 atom stereocenters. The summed E-state index contributed by atoms with van der Waals surface area (Å²) in [5.41, 5.74) is 1.32. The number of esters is 1. The van der Waals surface area contributed by atoms with Gasteiger partial charge in [0.15, 0.2) is 11.5 Å². The monoisotopic (exact) mass is 331 g/mol. The largest absolute Gasteiger partial charge is 0.505 e. The second-order valence-electron chi connectivity index (χ2n) is 4.82. The maximum Gasteiger partial charge on any atom is 0.358 e. The summed E-state index contributed by atoms with van der Waals surface area (Å²) in [6.07, 6.45) is 0. The number of carbonyl (C=O) groups is 1. The lowest BCUT2D eigenvalue weighted by molar-refractivity contribution is -0.138. The molecule has 0 saturated heterocycles. The minimum atomic E-state index is -0.591. The zero-order valence-corrected chi connectivity index (χ0v) is 13.7. The highest BCUT2D eigenvalue weighted by atomic mass is 35.5. The number of benzene rings is 2. The smallest absolute Gasteiger partial charge is 0.358 e. The van der Waals surface area contributed by atoms with Gasteiger partial charge >= 0.3 is 5.97 Å². The van der Waals surface area contributed by atoms with Crippen LogP contribution in [-0.4, -0.2) is 24.7 Å². The van der Waals surface area contributed by atoms with Crippen LogP contribution in [0.2, 0.25) is 5.02 Å². The Kier molecular flexibility index (Phi) is 5.66. The molecule has 0 radical (unpaired) electrons. The molecule has 23 heavy (non-hydrogen) atoms. The van der Waals surface area contributed by atoms with Gasteiger partial charge in [-0.3, -0.25) is 0 Å². The molecular weight excluding hydrogens is 314 g/mol. The maximum atomic E-state index is 12.3. The Morgan fingerprint density at radius 2 is 1.74 bits per heavy atom. The number of hydrogen-bond acceptors (Lipinski definition) is 4. The average Bonchev–Trinajstić information content (AvgIpc) is 2.56. The van der Waals surface area contributed by atoms with Crippen molar-refractivity contribution in [2.24, 2.45) is 0 Å². The van der Waals surface area contributed by atoms with Crippen LogP contribution in [0.25, 0.3) is 5.76 Å². The van der Waals surface area contributed by atoms with E-state index in [9.17, 15) is 9.90 Å². The molecule has 0 aliphatic heterocycles. The molecule has 0 aliphatic carbocycles. The number of halogens is 1. The summed E-state index contributed by atoms with van der Waals surface area (Å²) in [6, 6.07) is 15.8. The van der Waals surface area contributed by atoms with Crippen molar-refractivity contribution in [2.45, 2.75) is 6.92 Å². The number of aliphatic hydroxyl groups excluding tert-OH is 1. The lowest BCUT2D eigenvalue weighted by atomic mass is 10.1. The number of aliphatic hydroxyl groups is 1. The van der Waals surface area contributed by atoms with Gasteiger partial charge in [-0.2, -0.15) is 0 Å². The third kappa shape index (κ3) is 4.05. The van der Waals surface area contributed by atoms with Crippen molar-refractivity contribution in [3.05, 3.63) is 70.9 Å². The summed E-state index contributed by atoms with van der Waals surface area (Å²) in [6.45, 7) is 1.94. The number of likely N-dealkylation sites (N-methyl/N-ethyl adjacent to an activating group) is 1. The van der Waals surface area contributed by atoms with E-state index in [1.54, 1.807) is 67.4 Å². The highest BCUT2D eigenvalue weighted by Crippen LogP contribution is 2.25. The Balaban J connectivity index is 2.49. The molecule has 5 heteroatoms. The van der Waals surface area contributed by atoms with Crippen molar-refractivity contribution in [1.82, 2.24) is 0 Å². The van der Waals surface area contributed by atoms with E-state index in [4.69, 9.17) is 16.3 Å². The van der Waals surface area contributed by atoms with Crippen LogP contribution in [0.3, 0.4) is 0 Å². The van der Waals surface area contributed by atoms with E-state index in [-0.39, 0.29) is 18.1 Å². The minimum absolute atomic E-state index is 0.0698. The fraction of sp³-hybridized carbons (Fsp3) is 0.167. The normalized spacial score (nSPS) is 11.6. The molecule has 0 aromatic heterocycles. The van der Waals surface area contributed by atoms with Gasteiger partial charge in [-0.1, -0.05) is 41.9 Å². The first-order valence-electron chi connectivity index (χ1n) is 7.19. The van der Waals surface area contributed by atoms with Crippen molar-refractivity contribution in [2.75, 3.05) is 18.6 Å². The van der Waals surface area contributed by atoms with Crippen LogP contribution in [0, 0.1) is 0 Å². The molecule has 2 aromatic rings. The molecule has 0 heterocycles. The van der Waals surface area contributed by atoms with Crippen LogP contribution >= 0.6 is 11.6 Å².